The van der Waals surface area contributed by atoms with E-state index >= 15 is 0 Å². The van der Waals surface area contributed by atoms with Crippen LogP contribution >= 0.6 is 22.9 Å². The molecule has 0 aliphatic carbocycles. The van der Waals surface area contributed by atoms with Crippen molar-refractivity contribution in [1.29, 1.82) is 0 Å². The Balaban J connectivity index is 1.54. The van der Waals surface area contributed by atoms with Crippen LogP contribution in [0.5, 0.6) is 0 Å². The first-order valence-electron chi connectivity index (χ1n) is 10.1. The summed E-state index contributed by atoms with van der Waals surface area (Å²) in [5, 5.41) is 3.56. The van der Waals surface area contributed by atoms with Crippen LogP contribution in [0.2, 0.25) is 5.02 Å². The maximum absolute atomic E-state index is 12.6. The van der Waals surface area contributed by atoms with Gasteiger partial charge < -0.3 is 10.1 Å². The fourth-order valence-corrected chi connectivity index (χ4v) is 5.00. The lowest BCUT2D eigenvalue weighted by Gasteiger charge is -2.24. The Kier molecular flexibility index (Phi) is 7.01. The van der Waals surface area contributed by atoms with Crippen molar-refractivity contribution >= 4 is 34.8 Å². The second-order valence-corrected chi connectivity index (χ2v) is 9.46. The smallest absolute Gasteiger partial charge is 0.407 e. The third-order valence-electron chi connectivity index (χ3n) is 5.83. The van der Waals surface area contributed by atoms with E-state index in [1.807, 2.05) is 6.92 Å². The Hall–Kier alpha value is -1.85. The predicted octanol–water partition coefficient (Wildman–Crippen LogP) is 6.05. The summed E-state index contributed by atoms with van der Waals surface area (Å²) in [5.41, 5.74) is 3.52. The highest BCUT2D eigenvalue weighted by Gasteiger charge is 2.37. The van der Waals surface area contributed by atoms with E-state index < -0.39 is 0 Å². The molecule has 0 unspecified atom stereocenters. The lowest BCUT2D eigenvalue weighted by atomic mass is 9.92. The molecular formula is C23H28ClNO3S. The Bertz CT molecular complexity index is 908. The zero-order valence-corrected chi connectivity index (χ0v) is 18.8. The molecular weight excluding hydrogens is 406 g/mol. The largest absolute Gasteiger partial charge is 0.447 e. The van der Waals surface area contributed by atoms with Crippen LogP contribution in [0.25, 0.3) is 0 Å². The van der Waals surface area contributed by atoms with Gasteiger partial charge in [0.1, 0.15) is 6.61 Å². The number of alkyl carbamates (subject to hydrolysis) is 1. The third kappa shape index (κ3) is 5.40. The van der Waals surface area contributed by atoms with E-state index in [1.165, 1.54) is 28.0 Å². The number of halogens is 1. The van der Waals surface area contributed by atoms with Gasteiger partial charge >= 0.3 is 6.09 Å². The molecule has 1 saturated heterocycles. The molecule has 1 aliphatic heterocycles. The van der Waals surface area contributed by atoms with E-state index in [1.54, 1.807) is 6.07 Å². The number of amides is 1. The minimum Gasteiger partial charge on any atom is -0.447 e. The number of hydrogen-bond acceptors (Lipinski definition) is 4. The lowest BCUT2D eigenvalue weighted by Crippen LogP contribution is -2.43. The van der Waals surface area contributed by atoms with E-state index in [2.05, 4.69) is 37.4 Å². The van der Waals surface area contributed by atoms with Gasteiger partial charge in [-0.15, -0.1) is 11.3 Å². The van der Waals surface area contributed by atoms with Crippen LogP contribution in [-0.2, 0) is 17.6 Å². The number of hydrogen-bond donors (Lipinski definition) is 1. The monoisotopic (exact) mass is 433 g/mol. The molecule has 6 heteroatoms. The summed E-state index contributed by atoms with van der Waals surface area (Å²) in [5.74, 6) is 0.148. The standard InChI is InChI=1S/C23H28ClNO3S/c1-4-23(14-28-22(27)25-23)11-10-20-18(24)13-21(29-20)19(26)7-5-6-17-9-8-15(2)16(3)12-17/h8-9,12-13H,4-7,10-11,14H2,1-3H3,(H,25,27)/t23-/m1/s1. The van der Waals surface area contributed by atoms with Crippen LogP contribution < -0.4 is 5.32 Å². The number of carbonyl (C=O) groups is 2. The van der Waals surface area contributed by atoms with E-state index in [0.29, 0.717) is 18.1 Å². The van der Waals surface area contributed by atoms with Crippen molar-refractivity contribution < 1.29 is 14.3 Å². The number of carbonyl (C=O) groups excluding carboxylic acids is 2. The third-order valence-corrected chi connectivity index (χ3v) is 7.51. The minimum atomic E-state index is -0.358. The number of Topliss-reactive ketones (excluding diaryl/α,β-unsaturated/α-hetero) is 1. The summed E-state index contributed by atoms with van der Waals surface area (Å²) in [6.07, 6.45) is 4.15. The summed E-state index contributed by atoms with van der Waals surface area (Å²) in [6.45, 7) is 6.65. The van der Waals surface area contributed by atoms with Crippen LogP contribution in [0, 0.1) is 13.8 Å². The number of thiophene rings is 1. The fourth-order valence-electron chi connectivity index (χ4n) is 3.60. The SMILES string of the molecule is CC[C@@]1(CCc2sc(C(=O)CCCc3ccc(C)c(C)c3)cc2Cl)COC(=O)N1. The summed E-state index contributed by atoms with van der Waals surface area (Å²) >= 11 is 7.87. The van der Waals surface area contributed by atoms with Gasteiger partial charge in [-0.05, 0) is 68.7 Å². The van der Waals surface area contributed by atoms with Crippen molar-refractivity contribution in [2.45, 2.75) is 64.8 Å². The molecule has 3 rings (SSSR count). The Morgan fingerprint density at radius 1 is 1.24 bits per heavy atom. The first-order valence-corrected chi connectivity index (χ1v) is 11.3. The summed E-state index contributed by atoms with van der Waals surface area (Å²) in [7, 11) is 0. The highest BCUT2D eigenvalue weighted by Crippen LogP contribution is 2.32. The summed E-state index contributed by atoms with van der Waals surface area (Å²) in [6, 6.07) is 8.28. The Morgan fingerprint density at radius 3 is 2.69 bits per heavy atom. The predicted molar refractivity (Wildman–Crippen MR) is 118 cm³/mol. The number of rotatable bonds is 9. The number of ketones is 1. The molecule has 29 heavy (non-hydrogen) atoms. The van der Waals surface area contributed by atoms with Crippen LogP contribution in [0.15, 0.2) is 24.3 Å². The molecule has 0 spiro atoms. The molecule has 0 bridgehead atoms. The van der Waals surface area contributed by atoms with E-state index in [4.69, 9.17) is 16.3 Å². The molecule has 1 atom stereocenters. The maximum atomic E-state index is 12.6. The normalized spacial score (nSPS) is 18.6. The molecule has 1 fully saturated rings. The summed E-state index contributed by atoms with van der Waals surface area (Å²) < 4.78 is 5.08. The van der Waals surface area contributed by atoms with E-state index in [-0.39, 0.29) is 17.4 Å². The first kappa shape index (κ1) is 21.8. The van der Waals surface area contributed by atoms with Gasteiger partial charge in [-0.3, -0.25) is 4.79 Å². The number of cyclic esters (lactones) is 1. The fraction of sp³-hybridized carbons (Fsp3) is 0.478. The van der Waals surface area contributed by atoms with E-state index in [9.17, 15) is 9.59 Å². The molecule has 1 aromatic carbocycles. The van der Waals surface area contributed by atoms with Crippen molar-refractivity contribution in [2.75, 3.05) is 6.61 Å². The topological polar surface area (TPSA) is 55.4 Å². The molecule has 2 heterocycles. The second kappa shape index (κ2) is 9.31. The molecule has 1 N–H and O–H groups in total. The number of aryl methyl sites for hydroxylation is 4. The average Bonchev–Trinajstić information content (AvgIpc) is 3.26. The Labute approximate surface area is 181 Å². The van der Waals surface area contributed by atoms with Gasteiger partial charge in [-0.25, -0.2) is 4.79 Å². The number of benzene rings is 1. The lowest BCUT2D eigenvalue weighted by molar-refractivity contribution is 0.0984. The van der Waals surface area contributed by atoms with E-state index in [0.717, 1.165) is 41.9 Å². The van der Waals surface area contributed by atoms with Crippen molar-refractivity contribution in [1.82, 2.24) is 5.32 Å². The highest BCUT2D eigenvalue weighted by molar-refractivity contribution is 7.14. The number of nitrogens with one attached hydrogen (secondary N) is 1. The van der Waals surface area contributed by atoms with Crippen LogP contribution in [0.1, 0.15) is 63.8 Å². The second-order valence-electron chi connectivity index (χ2n) is 7.91. The first-order chi connectivity index (χ1) is 13.8. The van der Waals surface area contributed by atoms with Gasteiger partial charge in [0.15, 0.2) is 5.78 Å². The minimum absolute atomic E-state index is 0.148. The van der Waals surface area contributed by atoms with Gasteiger partial charge in [0.2, 0.25) is 0 Å². The molecule has 1 aliphatic rings. The molecule has 156 valence electrons. The van der Waals surface area contributed by atoms with Gasteiger partial charge in [-0.1, -0.05) is 36.7 Å². The van der Waals surface area contributed by atoms with Gasteiger partial charge in [0.05, 0.1) is 15.4 Å². The molecule has 0 radical (unpaired) electrons. The number of ether oxygens (including phenoxy) is 1. The zero-order chi connectivity index (χ0) is 21.0. The van der Waals surface area contributed by atoms with Crippen LogP contribution in [0.4, 0.5) is 4.79 Å². The van der Waals surface area contributed by atoms with Crippen molar-refractivity contribution in [3.63, 3.8) is 0 Å². The van der Waals surface area contributed by atoms with Crippen molar-refractivity contribution in [3.05, 3.63) is 55.7 Å². The van der Waals surface area contributed by atoms with Gasteiger partial charge in [0, 0.05) is 11.3 Å². The Morgan fingerprint density at radius 2 is 2.03 bits per heavy atom. The summed E-state index contributed by atoms with van der Waals surface area (Å²) in [4.78, 5) is 25.8. The average molecular weight is 434 g/mol. The molecule has 4 nitrogen and oxygen atoms in total. The highest BCUT2D eigenvalue weighted by atomic mass is 35.5. The zero-order valence-electron chi connectivity index (χ0n) is 17.3. The van der Waals surface area contributed by atoms with Gasteiger partial charge in [-0.2, -0.15) is 0 Å². The van der Waals surface area contributed by atoms with Crippen molar-refractivity contribution in [3.8, 4) is 0 Å². The van der Waals surface area contributed by atoms with Crippen molar-refractivity contribution in [2.24, 2.45) is 0 Å². The molecule has 1 aromatic heterocycles. The molecule has 0 saturated carbocycles. The van der Waals surface area contributed by atoms with Crippen LogP contribution in [0.3, 0.4) is 0 Å². The molecule has 1 amide bonds. The maximum Gasteiger partial charge on any atom is 0.407 e. The van der Waals surface area contributed by atoms with Gasteiger partial charge in [0.25, 0.3) is 0 Å². The molecule has 2 aromatic rings. The quantitative estimate of drug-likeness (QED) is 0.490. The van der Waals surface area contributed by atoms with Crippen LogP contribution in [-0.4, -0.2) is 24.0 Å².